The van der Waals surface area contributed by atoms with E-state index in [2.05, 4.69) is 20.4 Å². The van der Waals surface area contributed by atoms with Crippen molar-refractivity contribution in [2.24, 2.45) is 0 Å². The number of pyridine rings is 1. The molecule has 3 aromatic heterocycles. The average molecular weight is 465 g/mol. The van der Waals surface area contributed by atoms with E-state index in [1.54, 1.807) is 23.6 Å². The monoisotopic (exact) mass is 465 g/mol. The predicted octanol–water partition coefficient (Wildman–Crippen LogP) is 3.67. The number of carbonyl (C=O) groups is 1. The average Bonchev–Trinajstić information content (AvgIpc) is 3.23. The highest BCUT2D eigenvalue weighted by atomic mass is 19.1. The molecule has 176 valence electrons. The summed E-state index contributed by atoms with van der Waals surface area (Å²) >= 11 is 0. The molecule has 5 rings (SSSR count). The SMILES string of the molecule is Cc1ccc(-c2noc([C@H]3C[C@@H]3F)n2)cc1NC(=O)c1cnc2cc(COC(C)CO)ccn12. The van der Waals surface area contributed by atoms with Gasteiger partial charge < -0.3 is 19.7 Å². The van der Waals surface area contributed by atoms with Crippen molar-refractivity contribution in [2.45, 2.75) is 45.1 Å². The number of carbonyl (C=O) groups excluding carboxylic acids is 1. The number of halogens is 1. The Morgan fingerprint density at radius 3 is 2.97 bits per heavy atom. The molecule has 2 N–H and O–H groups in total. The van der Waals surface area contributed by atoms with E-state index in [0.717, 1.165) is 11.1 Å². The second kappa shape index (κ2) is 8.96. The molecule has 1 aromatic carbocycles. The number of ether oxygens (including phenoxy) is 1. The molecule has 3 heterocycles. The number of alkyl halides is 1. The maximum absolute atomic E-state index is 13.3. The lowest BCUT2D eigenvalue weighted by molar-refractivity contribution is 0.0145. The van der Waals surface area contributed by atoms with Crippen LogP contribution in [-0.2, 0) is 11.3 Å². The van der Waals surface area contributed by atoms with Crippen molar-refractivity contribution in [3.8, 4) is 11.4 Å². The summed E-state index contributed by atoms with van der Waals surface area (Å²) < 4.78 is 25.7. The summed E-state index contributed by atoms with van der Waals surface area (Å²) in [5.41, 5.74) is 3.99. The lowest BCUT2D eigenvalue weighted by Gasteiger charge is -2.11. The molecule has 10 heteroatoms. The molecule has 1 unspecified atom stereocenters. The summed E-state index contributed by atoms with van der Waals surface area (Å²) in [7, 11) is 0. The van der Waals surface area contributed by atoms with Gasteiger partial charge in [-0.2, -0.15) is 4.98 Å². The first kappa shape index (κ1) is 22.2. The Bertz CT molecular complexity index is 1350. The summed E-state index contributed by atoms with van der Waals surface area (Å²) in [5, 5.41) is 16.0. The van der Waals surface area contributed by atoms with Crippen LogP contribution in [0.3, 0.4) is 0 Å². The maximum Gasteiger partial charge on any atom is 0.274 e. The third-order valence-electron chi connectivity index (χ3n) is 5.82. The fourth-order valence-corrected chi connectivity index (χ4v) is 3.58. The highest BCUT2D eigenvalue weighted by molar-refractivity contribution is 6.04. The van der Waals surface area contributed by atoms with Gasteiger partial charge in [-0.3, -0.25) is 9.20 Å². The Morgan fingerprint density at radius 1 is 1.38 bits per heavy atom. The fraction of sp³-hybridized carbons (Fsp3) is 0.333. The van der Waals surface area contributed by atoms with Gasteiger partial charge in [0.25, 0.3) is 5.91 Å². The molecule has 1 saturated carbocycles. The van der Waals surface area contributed by atoms with E-state index in [-0.39, 0.29) is 24.5 Å². The summed E-state index contributed by atoms with van der Waals surface area (Å²) in [6.45, 7) is 3.96. The second-order valence-electron chi connectivity index (χ2n) is 8.51. The number of hydrogen-bond donors (Lipinski definition) is 2. The van der Waals surface area contributed by atoms with Gasteiger partial charge in [0.2, 0.25) is 11.7 Å². The van der Waals surface area contributed by atoms with E-state index in [9.17, 15) is 9.18 Å². The smallest absolute Gasteiger partial charge is 0.274 e. The lowest BCUT2D eigenvalue weighted by atomic mass is 10.1. The zero-order valence-electron chi connectivity index (χ0n) is 18.7. The fourth-order valence-electron chi connectivity index (χ4n) is 3.58. The van der Waals surface area contributed by atoms with Crippen LogP contribution in [0.15, 0.2) is 47.2 Å². The van der Waals surface area contributed by atoms with Crippen molar-refractivity contribution in [2.75, 3.05) is 11.9 Å². The normalized spacial score (nSPS) is 18.2. The van der Waals surface area contributed by atoms with E-state index < -0.39 is 6.17 Å². The minimum Gasteiger partial charge on any atom is -0.394 e. The van der Waals surface area contributed by atoms with E-state index in [1.165, 1.54) is 6.20 Å². The maximum atomic E-state index is 13.3. The highest BCUT2D eigenvalue weighted by Gasteiger charge is 2.43. The first-order valence-corrected chi connectivity index (χ1v) is 11.0. The number of aliphatic hydroxyl groups excluding tert-OH is 1. The number of nitrogens with one attached hydrogen (secondary N) is 1. The van der Waals surface area contributed by atoms with Gasteiger partial charge >= 0.3 is 0 Å². The zero-order chi connectivity index (χ0) is 23.8. The summed E-state index contributed by atoms with van der Waals surface area (Å²) in [6, 6.07) is 9.13. The number of imidazole rings is 1. The van der Waals surface area contributed by atoms with Crippen LogP contribution in [0.25, 0.3) is 17.0 Å². The molecule has 1 fully saturated rings. The second-order valence-corrected chi connectivity index (χ2v) is 8.51. The standard InChI is InChI=1S/C24H24FN5O4/c1-13-3-4-16(22-28-24(34-29-22)17-9-18(17)25)8-19(13)27-23(32)20-10-26-21-7-15(5-6-30(20)21)12-33-14(2)11-31/h3-8,10,14,17-18,31H,9,11-12H2,1-2H3,(H,27,32)/t14?,17-,18-/m0/s1. The number of rotatable bonds is 8. The van der Waals surface area contributed by atoms with Crippen LogP contribution >= 0.6 is 0 Å². The van der Waals surface area contributed by atoms with Crippen molar-refractivity contribution >= 4 is 17.2 Å². The van der Waals surface area contributed by atoms with Crippen molar-refractivity contribution in [1.29, 1.82) is 0 Å². The van der Waals surface area contributed by atoms with Gasteiger partial charge in [0.05, 0.1) is 31.4 Å². The summed E-state index contributed by atoms with van der Waals surface area (Å²) in [6.07, 6.45) is 2.51. The topological polar surface area (TPSA) is 115 Å². The van der Waals surface area contributed by atoms with Gasteiger partial charge in [0, 0.05) is 17.4 Å². The Morgan fingerprint density at radius 2 is 2.21 bits per heavy atom. The van der Waals surface area contributed by atoms with Gasteiger partial charge in [0.15, 0.2) is 0 Å². The van der Waals surface area contributed by atoms with Crippen LogP contribution in [0.5, 0.6) is 0 Å². The predicted molar refractivity (Wildman–Crippen MR) is 121 cm³/mol. The van der Waals surface area contributed by atoms with Crippen LogP contribution in [-0.4, -0.2) is 49.4 Å². The molecule has 1 aliphatic carbocycles. The molecule has 0 bridgehead atoms. The van der Waals surface area contributed by atoms with Gasteiger partial charge in [-0.25, -0.2) is 9.37 Å². The number of nitrogens with zero attached hydrogens (tertiary/aromatic N) is 4. The number of benzene rings is 1. The third-order valence-corrected chi connectivity index (χ3v) is 5.82. The molecule has 4 aromatic rings. The van der Waals surface area contributed by atoms with Crippen molar-refractivity contribution in [3.63, 3.8) is 0 Å². The van der Waals surface area contributed by atoms with Crippen molar-refractivity contribution < 1.29 is 23.6 Å². The number of hydrogen-bond acceptors (Lipinski definition) is 7. The largest absolute Gasteiger partial charge is 0.394 e. The first-order valence-electron chi connectivity index (χ1n) is 11.0. The first-order chi connectivity index (χ1) is 16.4. The Kier molecular flexibility index (Phi) is 5.84. The molecular weight excluding hydrogens is 441 g/mol. The molecule has 9 nitrogen and oxygen atoms in total. The number of aromatic nitrogens is 4. The number of amides is 1. The Labute approximate surface area is 194 Å². The molecule has 0 radical (unpaired) electrons. The minimum absolute atomic E-state index is 0.0525. The molecule has 1 aliphatic rings. The molecule has 1 amide bonds. The van der Waals surface area contributed by atoms with E-state index >= 15 is 0 Å². The third kappa shape index (κ3) is 4.42. The molecule has 34 heavy (non-hydrogen) atoms. The summed E-state index contributed by atoms with van der Waals surface area (Å²) in [5.74, 6) is 0.0172. The minimum atomic E-state index is -0.917. The number of aliphatic hydroxyl groups is 1. The van der Waals surface area contributed by atoms with E-state index in [1.807, 2.05) is 31.2 Å². The molecule has 0 aliphatic heterocycles. The quantitative estimate of drug-likeness (QED) is 0.408. The van der Waals surface area contributed by atoms with Crippen LogP contribution < -0.4 is 5.32 Å². The highest BCUT2D eigenvalue weighted by Crippen LogP contribution is 2.43. The van der Waals surface area contributed by atoms with Crippen LogP contribution in [0.1, 0.15) is 46.8 Å². The molecule has 0 spiro atoms. The zero-order valence-corrected chi connectivity index (χ0v) is 18.7. The van der Waals surface area contributed by atoms with Crippen LogP contribution in [0.4, 0.5) is 10.1 Å². The molecule has 0 saturated heterocycles. The van der Waals surface area contributed by atoms with Gasteiger partial charge in [-0.05, 0) is 49.6 Å². The Hall–Kier alpha value is -3.63. The number of anilines is 1. The van der Waals surface area contributed by atoms with Crippen molar-refractivity contribution in [1.82, 2.24) is 19.5 Å². The van der Waals surface area contributed by atoms with E-state index in [0.29, 0.717) is 47.3 Å². The van der Waals surface area contributed by atoms with E-state index in [4.69, 9.17) is 14.4 Å². The van der Waals surface area contributed by atoms with Gasteiger partial charge in [0.1, 0.15) is 17.5 Å². The van der Waals surface area contributed by atoms with Crippen LogP contribution in [0, 0.1) is 6.92 Å². The molecule has 3 atom stereocenters. The number of fused-ring (bicyclic) bond motifs is 1. The lowest BCUT2D eigenvalue weighted by Crippen LogP contribution is -2.15. The van der Waals surface area contributed by atoms with Gasteiger partial charge in [-0.15, -0.1) is 0 Å². The molecular formula is C24H24FN5O4. The number of aryl methyl sites for hydroxylation is 1. The summed E-state index contributed by atoms with van der Waals surface area (Å²) in [4.78, 5) is 21.7. The van der Waals surface area contributed by atoms with Crippen LogP contribution in [0.2, 0.25) is 0 Å². The Balaban J connectivity index is 1.33. The van der Waals surface area contributed by atoms with Gasteiger partial charge in [-0.1, -0.05) is 17.3 Å². The van der Waals surface area contributed by atoms with Crippen molar-refractivity contribution in [3.05, 3.63) is 65.4 Å².